The maximum absolute atomic E-state index is 13.6. The summed E-state index contributed by atoms with van der Waals surface area (Å²) in [6.07, 6.45) is -27.4. The van der Waals surface area contributed by atoms with Crippen molar-refractivity contribution in [1.82, 2.24) is 16.0 Å². The van der Waals surface area contributed by atoms with Gasteiger partial charge in [-0.2, -0.15) is 0 Å². The van der Waals surface area contributed by atoms with Gasteiger partial charge in [-0.15, -0.1) is 0 Å². The minimum absolute atomic E-state index is 0.164. The van der Waals surface area contributed by atoms with Crippen molar-refractivity contribution < 1.29 is 183 Å². The number of aliphatic hydroxyl groups is 20. The van der Waals surface area contributed by atoms with E-state index in [2.05, 4.69) is 29.8 Å². The number of nitrogens with one attached hydrogen (secondary N) is 3. The average Bonchev–Trinajstić information content (AvgIpc) is 0.765. The first kappa shape index (κ1) is 110. The van der Waals surface area contributed by atoms with Crippen LogP contribution in [0.5, 0.6) is 0 Å². The number of ether oxygens (including phenoxy) is 14. The molecule has 7 fully saturated rings. The highest BCUT2D eigenvalue weighted by Gasteiger charge is 2.60. The van der Waals surface area contributed by atoms with Gasteiger partial charge in [-0.1, -0.05) is 206 Å². The second-order valence-electron chi connectivity index (χ2n) is 34.9. The normalized spacial score (nSPS) is 38.1. The lowest BCUT2D eigenvalue weighted by atomic mass is 9.93. The molecule has 0 spiro atoms. The van der Waals surface area contributed by atoms with Crippen LogP contribution in [0.4, 0.5) is 0 Å². The van der Waals surface area contributed by atoms with Crippen LogP contribution in [0.15, 0.2) is 12.2 Å². The van der Waals surface area contributed by atoms with E-state index in [0.29, 0.717) is 12.8 Å². The van der Waals surface area contributed by atoms with Crippen LogP contribution in [-0.2, 0) is 80.7 Å². The Morgan fingerprint density at radius 3 is 1.15 bits per heavy atom. The molecular formula is C86H155N3O37. The molecule has 37 atom stereocenters. The summed E-state index contributed by atoms with van der Waals surface area (Å²) in [6.45, 7) is 0.917. The first-order valence-corrected chi connectivity index (χ1v) is 46.3. The lowest BCUT2D eigenvalue weighted by Gasteiger charge is -2.52. The zero-order valence-corrected chi connectivity index (χ0v) is 74.0. The molecule has 0 aliphatic carbocycles. The highest BCUT2D eigenvalue weighted by atomic mass is 16.8. The molecular weight excluding hydrogens is 1670 g/mol. The summed E-state index contributed by atoms with van der Waals surface area (Å²) < 4.78 is 84.5. The van der Waals surface area contributed by atoms with E-state index in [9.17, 15) is 117 Å². The standard InChI is InChI=1S/C86H155N3O37/c1-6-8-10-12-14-16-18-20-21-22-23-24-25-27-29-31-33-35-37-39-58(99)89-50(51(98)38-36-34-32-30-28-26-19-17-15-13-11-9-7-2)46-113-82-71(110)68(107)75(56(44-94)119-82)122-84-72(111)69(108)74(57(45-95)120-84)121-81-60(88-49(5)97)76(63(102)53(41-91)116-81)123-86-79(126-83-70(109)67(106)61(100)47(3)114-83)78(65(104)55(43-93)118-86)125-85-73(112)77(64(103)54(42-92)117-85)124-80-59(87-48(4)96)66(105)62(101)52(40-90)115-80/h36,38,47,50-57,59-86,90-95,98,100-112H,6-35,37,39-46H2,1-5H3,(H,87,96)(H,88,97)(H,89,99)/b38-36+/t47?,50-,51+,52?,53?,54?,55?,56?,57?,59?,60?,61+,62-,63-,64-,65-,66+,67?,68+,69+,70-,71?,72?,73?,74-,75+,76+,77-,78-,79?,80-,81-,82+,83+,84-,85+,86-/m0/s1. The molecule has 0 aromatic heterocycles. The van der Waals surface area contributed by atoms with Crippen LogP contribution in [0.25, 0.3) is 0 Å². The van der Waals surface area contributed by atoms with Gasteiger partial charge in [-0.3, -0.25) is 14.4 Å². The fraction of sp³-hybridized carbons (Fsp3) is 0.942. The molecule has 736 valence electrons. The smallest absolute Gasteiger partial charge is 0.220 e. The van der Waals surface area contributed by atoms with Crippen LogP contribution in [0, 0.1) is 0 Å². The zero-order chi connectivity index (χ0) is 92.1. The Balaban J connectivity index is 1.02. The first-order chi connectivity index (χ1) is 60.5. The monoisotopic (exact) mass is 1820 g/mol. The van der Waals surface area contributed by atoms with Crippen LogP contribution < -0.4 is 16.0 Å². The molecule has 126 heavy (non-hydrogen) atoms. The number of unbranched alkanes of at least 4 members (excludes halogenated alkanes) is 29. The molecule has 7 saturated heterocycles. The minimum atomic E-state index is -2.33. The van der Waals surface area contributed by atoms with Gasteiger partial charge in [-0.05, 0) is 26.2 Å². The van der Waals surface area contributed by atoms with E-state index in [1.54, 1.807) is 6.08 Å². The zero-order valence-electron chi connectivity index (χ0n) is 74.0. The molecule has 40 heteroatoms. The third kappa shape index (κ3) is 32.8. The second-order valence-corrected chi connectivity index (χ2v) is 34.9. The number of rotatable bonds is 58. The summed E-state index contributed by atoms with van der Waals surface area (Å²) in [6, 6.07) is -4.69. The van der Waals surface area contributed by atoms with Crippen LogP contribution in [0.1, 0.15) is 240 Å². The highest BCUT2D eigenvalue weighted by Crippen LogP contribution is 2.40. The number of aliphatic hydroxyl groups excluding tert-OH is 20. The van der Waals surface area contributed by atoms with Crippen molar-refractivity contribution in [2.24, 2.45) is 0 Å². The number of allylic oxidation sites excluding steroid dienone is 1. The number of hydrogen-bond donors (Lipinski definition) is 23. The molecule has 0 aromatic rings. The highest BCUT2D eigenvalue weighted by molar-refractivity contribution is 5.76. The van der Waals surface area contributed by atoms with Crippen LogP contribution in [-0.4, -0.2) is 393 Å². The van der Waals surface area contributed by atoms with Gasteiger partial charge in [0.25, 0.3) is 0 Å². The molecule has 0 aromatic carbocycles. The fourth-order valence-electron chi connectivity index (χ4n) is 17.2. The Kier molecular flexibility index (Phi) is 50.7. The van der Waals surface area contributed by atoms with Crippen LogP contribution in [0.2, 0.25) is 0 Å². The van der Waals surface area contributed by atoms with Gasteiger partial charge in [-0.25, -0.2) is 0 Å². The van der Waals surface area contributed by atoms with Gasteiger partial charge < -0.3 is 184 Å². The Bertz CT molecular complexity index is 2990. The number of hydrogen-bond acceptors (Lipinski definition) is 37. The largest absolute Gasteiger partial charge is 0.394 e. The molecule has 0 bridgehead atoms. The van der Waals surface area contributed by atoms with Gasteiger partial charge in [0.05, 0.1) is 64.5 Å². The topological polar surface area (TPSA) is 621 Å². The summed E-state index contributed by atoms with van der Waals surface area (Å²) in [4.78, 5) is 39.4. The van der Waals surface area contributed by atoms with Crippen molar-refractivity contribution in [2.45, 2.75) is 467 Å². The average molecular weight is 1820 g/mol. The van der Waals surface area contributed by atoms with Crippen molar-refractivity contribution in [1.29, 1.82) is 0 Å². The predicted molar refractivity (Wildman–Crippen MR) is 443 cm³/mol. The second kappa shape index (κ2) is 58.2. The molecule has 40 nitrogen and oxygen atoms in total. The summed E-state index contributed by atoms with van der Waals surface area (Å²) >= 11 is 0. The van der Waals surface area contributed by atoms with Crippen molar-refractivity contribution in [2.75, 3.05) is 46.2 Å². The SMILES string of the molecule is CCCCCCCCCCCCC/C=C/[C@@H](O)[C@H](CO[C@@H]1OC(CO)[C@@H](O[C@@H]2OC(CO)[C@H](O[C@@H]3OC(CO)[C@H](O)[C@H](O[C@@H]4OC(CO)[C@H](O)[C@H](O[C@H]5OC(CO)[C@H](O)[C@H](O[C@@H]6OC(CO)[C@H](O)[C@H](O)C6NC(C)=O)C5O)C4O[C@H]4OC(C)[C@@H](O)C(O)[C@@H]4O)C3NC(C)=O)[C@H](O)C2O)[C@H](O)C1O)NC(=O)CCCCCCCCCCCCCCCCCCCCC. The molecule has 3 amide bonds. The van der Waals surface area contributed by atoms with Crippen molar-refractivity contribution in [3.63, 3.8) is 0 Å². The Morgan fingerprint density at radius 1 is 0.325 bits per heavy atom. The van der Waals surface area contributed by atoms with E-state index in [0.717, 1.165) is 65.2 Å². The van der Waals surface area contributed by atoms with E-state index in [4.69, 9.17) is 66.3 Å². The third-order valence-corrected chi connectivity index (χ3v) is 24.8. The molecule has 7 aliphatic rings. The quantitative estimate of drug-likeness (QED) is 0.0231. The Hall–Kier alpha value is -3.21. The van der Waals surface area contributed by atoms with E-state index < -0.39 is 285 Å². The van der Waals surface area contributed by atoms with E-state index >= 15 is 0 Å². The van der Waals surface area contributed by atoms with Crippen LogP contribution >= 0.6 is 0 Å². The summed E-state index contributed by atoms with van der Waals surface area (Å²) in [5, 5.41) is 234. The number of amides is 3. The maximum atomic E-state index is 13.6. The van der Waals surface area contributed by atoms with Gasteiger partial charge in [0.1, 0.15) is 165 Å². The summed E-state index contributed by atoms with van der Waals surface area (Å²) in [5.41, 5.74) is 0. The number of carbonyl (C=O) groups excluding carboxylic acids is 3. The Labute approximate surface area is 739 Å². The molecule has 7 heterocycles. The Morgan fingerprint density at radius 2 is 0.667 bits per heavy atom. The number of carbonyl (C=O) groups is 3. The van der Waals surface area contributed by atoms with Gasteiger partial charge in [0, 0.05) is 20.3 Å². The van der Waals surface area contributed by atoms with Crippen molar-refractivity contribution in [3.8, 4) is 0 Å². The molecule has 0 saturated carbocycles. The lowest BCUT2D eigenvalue weighted by molar-refractivity contribution is -0.407. The summed E-state index contributed by atoms with van der Waals surface area (Å²) in [5.74, 6) is -2.08. The minimum Gasteiger partial charge on any atom is -0.394 e. The van der Waals surface area contributed by atoms with Crippen molar-refractivity contribution >= 4 is 17.7 Å². The van der Waals surface area contributed by atoms with E-state index in [1.807, 2.05) is 6.08 Å². The first-order valence-electron chi connectivity index (χ1n) is 46.3. The van der Waals surface area contributed by atoms with Gasteiger partial charge in [0.15, 0.2) is 44.0 Å². The molecule has 7 aliphatic heterocycles. The molecule has 0 radical (unpaired) electrons. The lowest BCUT2D eigenvalue weighted by Crippen LogP contribution is -2.71. The maximum Gasteiger partial charge on any atom is 0.220 e. The third-order valence-electron chi connectivity index (χ3n) is 24.8. The van der Waals surface area contributed by atoms with Gasteiger partial charge >= 0.3 is 0 Å². The molecule has 23 N–H and O–H groups in total. The fourth-order valence-corrected chi connectivity index (χ4v) is 17.2. The van der Waals surface area contributed by atoms with Crippen LogP contribution in [0.3, 0.4) is 0 Å². The molecule has 7 rings (SSSR count). The molecule has 14 unspecified atom stereocenters. The van der Waals surface area contributed by atoms with Gasteiger partial charge in [0.2, 0.25) is 17.7 Å². The van der Waals surface area contributed by atoms with E-state index in [1.165, 1.54) is 142 Å². The van der Waals surface area contributed by atoms with E-state index in [-0.39, 0.29) is 12.3 Å². The van der Waals surface area contributed by atoms with Crippen molar-refractivity contribution in [3.05, 3.63) is 12.2 Å². The predicted octanol–water partition coefficient (Wildman–Crippen LogP) is -2.01. The summed E-state index contributed by atoms with van der Waals surface area (Å²) in [7, 11) is 0.